The van der Waals surface area contributed by atoms with Gasteiger partial charge in [0.15, 0.2) is 0 Å². The first kappa shape index (κ1) is 14.9. The molecule has 0 spiro atoms. The lowest BCUT2D eigenvalue weighted by Gasteiger charge is -2.35. The van der Waals surface area contributed by atoms with Crippen molar-refractivity contribution in [2.24, 2.45) is 0 Å². The molecule has 4 heteroatoms. The Hall–Kier alpha value is -1.00. The Morgan fingerprint density at radius 2 is 1.95 bits per heavy atom. The van der Waals surface area contributed by atoms with Gasteiger partial charge >= 0.3 is 0 Å². The van der Waals surface area contributed by atoms with Crippen molar-refractivity contribution < 1.29 is 4.79 Å². The zero-order valence-electron chi connectivity index (χ0n) is 12.8. The third-order valence-corrected chi connectivity index (χ3v) is 5.99. The minimum Gasteiger partial charge on any atom is -0.342 e. The van der Waals surface area contributed by atoms with Crippen LogP contribution in [0.5, 0.6) is 0 Å². The molecule has 2 unspecified atom stereocenters. The number of carbonyl (C=O) groups excluding carboxylic acids is 1. The lowest BCUT2D eigenvalue weighted by molar-refractivity contribution is -0.129. The monoisotopic (exact) mass is 304 g/mol. The molecule has 0 saturated carbocycles. The summed E-state index contributed by atoms with van der Waals surface area (Å²) in [7, 11) is 1.98. The maximum Gasteiger partial charge on any atom is 0.232 e. The molecule has 0 aliphatic carbocycles. The number of nitrogens with zero attached hydrogens (tertiary/aromatic N) is 1. The lowest BCUT2D eigenvalue weighted by atomic mass is 9.98. The summed E-state index contributed by atoms with van der Waals surface area (Å²) in [6.45, 7) is 2.10. The third-order valence-electron chi connectivity index (χ3n) is 4.83. The average Bonchev–Trinajstić information content (AvgIpc) is 2.83. The second-order valence-corrected chi connectivity index (χ2v) is 7.34. The highest BCUT2D eigenvalue weighted by molar-refractivity contribution is 8.00. The maximum atomic E-state index is 12.4. The van der Waals surface area contributed by atoms with Crippen molar-refractivity contribution >= 4 is 17.7 Å². The molecule has 3 rings (SSSR count). The van der Waals surface area contributed by atoms with Gasteiger partial charge in [-0.15, -0.1) is 11.8 Å². The highest BCUT2D eigenvalue weighted by Gasteiger charge is 2.36. The number of fused-ring (bicyclic) bond motifs is 2. The minimum atomic E-state index is 0.259. The summed E-state index contributed by atoms with van der Waals surface area (Å²) >= 11 is 1.66. The van der Waals surface area contributed by atoms with Gasteiger partial charge in [0.25, 0.3) is 0 Å². The SMILES string of the molecule is Cc1ccccc1SCC(=O)N(C)C1CC2CCC(C1)N2. The second kappa shape index (κ2) is 6.41. The van der Waals surface area contributed by atoms with Gasteiger partial charge in [0.1, 0.15) is 0 Å². The molecule has 2 bridgehead atoms. The van der Waals surface area contributed by atoms with Gasteiger partial charge < -0.3 is 10.2 Å². The fourth-order valence-corrected chi connectivity index (χ4v) is 4.46. The van der Waals surface area contributed by atoms with Crippen molar-refractivity contribution in [3.8, 4) is 0 Å². The van der Waals surface area contributed by atoms with Crippen molar-refractivity contribution in [1.29, 1.82) is 0 Å². The number of benzene rings is 1. The molecule has 3 nitrogen and oxygen atoms in total. The van der Waals surface area contributed by atoms with Gasteiger partial charge in [-0.05, 0) is 44.2 Å². The quantitative estimate of drug-likeness (QED) is 0.868. The van der Waals surface area contributed by atoms with Gasteiger partial charge in [-0.2, -0.15) is 0 Å². The largest absolute Gasteiger partial charge is 0.342 e. The molecular formula is C17H24N2OS. The molecule has 1 amide bonds. The van der Waals surface area contributed by atoms with E-state index in [0.29, 0.717) is 23.9 Å². The molecule has 0 aromatic heterocycles. The summed E-state index contributed by atoms with van der Waals surface area (Å²) in [5.41, 5.74) is 1.25. The summed E-state index contributed by atoms with van der Waals surface area (Å²) in [5.74, 6) is 0.801. The van der Waals surface area contributed by atoms with Crippen LogP contribution in [0.3, 0.4) is 0 Å². The summed E-state index contributed by atoms with van der Waals surface area (Å²) < 4.78 is 0. The van der Waals surface area contributed by atoms with E-state index in [-0.39, 0.29) is 5.91 Å². The fraction of sp³-hybridized carbons (Fsp3) is 0.588. The van der Waals surface area contributed by atoms with Crippen LogP contribution in [0.15, 0.2) is 29.2 Å². The third kappa shape index (κ3) is 3.43. The van der Waals surface area contributed by atoms with E-state index in [0.717, 1.165) is 12.8 Å². The van der Waals surface area contributed by atoms with Crippen molar-refractivity contribution in [2.75, 3.05) is 12.8 Å². The molecule has 2 saturated heterocycles. The van der Waals surface area contributed by atoms with Crippen molar-refractivity contribution in [3.05, 3.63) is 29.8 Å². The van der Waals surface area contributed by atoms with Crippen LogP contribution in [-0.4, -0.2) is 41.7 Å². The number of carbonyl (C=O) groups is 1. The van der Waals surface area contributed by atoms with Crippen LogP contribution in [0, 0.1) is 6.92 Å². The van der Waals surface area contributed by atoms with Gasteiger partial charge in [0, 0.05) is 30.1 Å². The Balaban J connectivity index is 1.54. The van der Waals surface area contributed by atoms with Crippen LogP contribution in [0.1, 0.15) is 31.2 Å². The first-order valence-electron chi connectivity index (χ1n) is 7.83. The van der Waals surface area contributed by atoms with Crippen LogP contribution in [0.4, 0.5) is 0 Å². The molecule has 114 valence electrons. The smallest absolute Gasteiger partial charge is 0.232 e. The molecule has 2 fully saturated rings. The Morgan fingerprint density at radius 1 is 1.29 bits per heavy atom. The normalized spacial score (nSPS) is 27.6. The number of nitrogens with one attached hydrogen (secondary N) is 1. The van der Waals surface area contributed by atoms with Crippen LogP contribution < -0.4 is 5.32 Å². The van der Waals surface area contributed by atoms with Gasteiger partial charge in [-0.25, -0.2) is 0 Å². The maximum absolute atomic E-state index is 12.4. The van der Waals surface area contributed by atoms with Crippen molar-refractivity contribution in [3.63, 3.8) is 0 Å². The summed E-state index contributed by atoms with van der Waals surface area (Å²) in [6, 6.07) is 9.96. The first-order chi connectivity index (χ1) is 10.1. The van der Waals surface area contributed by atoms with E-state index < -0.39 is 0 Å². The van der Waals surface area contributed by atoms with Gasteiger partial charge in [-0.3, -0.25) is 4.79 Å². The molecule has 0 radical (unpaired) electrons. The molecule has 1 aromatic carbocycles. The van der Waals surface area contributed by atoms with E-state index in [4.69, 9.17) is 0 Å². The number of amides is 1. The number of aryl methyl sites for hydroxylation is 1. The number of rotatable bonds is 4. The molecular weight excluding hydrogens is 280 g/mol. The highest BCUT2D eigenvalue weighted by Crippen LogP contribution is 2.30. The minimum absolute atomic E-state index is 0.259. The molecule has 2 atom stereocenters. The second-order valence-electron chi connectivity index (χ2n) is 6.32. The Bertz CT molecular complexity index is 507. The van der Waals surface area contributed by atoms with E-state index in [2.05, 4.69) is 24.4 Å². The zero-order valence-corrected chi connectivity index (χ0v) is 13.7. The lowest BCUT2D eigenvalue weighted by Crippen LogP contribution is -2.49. The molecule has 2 heterocycles. The Morgan fingerprint density at radius 3 is 2.62 bits per heavy atom. The standard InChI is InChI=1S/C17H24N2OS/c1-12-5-3-4-6-16(12)21-11-17(20)19(2)15-9-13-7-8-14(10-15)18-13/h3-6,13-15,18H,7-11H2,1-2H3. The zero-order chi connectivity index (χ0) is 14.8. The molecule has 2 aliphatic heterocycles. The van der Waals surface area contributed by atoms with Crippen LogP contribution in [0.25, 0.3) is 0 Å². The molecule has 2 aliphatic rings. The van der Waals surface area contributed by atoms with E-state index in [9.17, 15) is 4.79 Å². The summed E-state index contributed by atoms with van der Waals surface area (Å²) in [5, 5.41) is 3.64. The molecule has 1 aromatic rings. The van der Waals surface area contributed by atoms with Crippen LogP contribution in [0.2, 0.25) is 0 Å². The summed E-state index contributed by atoms with van der Waals surface area (Å²) in [6.07, 6.45) is 4.80. The van der Waals surface area contributed by atoms with E-state index in [1.165, 1.54) is 23.3 Å². The predicted molar refractivity (Wildman–Crippen MR) is 87.6 cm³/mol. The van der Waals surface area contributed by atoms with E-state index in [1.54, 1.807) is 11.8 Å². The highest BCUT2D eigenvalue weighted by atomic mass is 32.2. The Kier molecular flexibility index (Phi) is 4.55. The number of piperidine rings is 1. The van der Waals surface area contributed by atoms with Gasteiger partial charge in [-0.1, -0.05) is 18.2 Å². The molecule has 1 N–H and O–H groups in total. The van der Waals surface area contributed by atoms with Crippen molar-refractivity contribution in [2.45, 2.75) is 55.6 Å². The number of thioether (sulfide) groups is 1. The average molecular weight is 304 g/mol. The number of hydrogen-bond donors (Lipinski definition) is 1. The first-order valence-corrected chi connectivity index (χ1v) is 8.82. The summed E-state index contributed by atoms with van der Waals surface area (Å²) in [4.78, 5) is 15.7. The van der Waals surface area contributed by atoms with Crippen LogP contribution >= 0.6 is 11.8 Å². The van der Waals surface area contributed by atoms with Gasteiger partial charge in [0.05, 0.1) is 5.75 Å². The van der Waals surface area contributed by atoms with Crippen molar-refractivity contribution in [1.82, 2.24) is 10.2 Å². The van der Waals surface area contributed by atoms with Crippen LogP contribution in [-0.2, 0) is 4.79 Å². The molecule has 21 heavy (non-hydrogen) atoms. The Labute approximate surface area is 131 Å². The van der Waals surface area contributed by atoms with Gasteiger partial charge in [0.2, 0.25) is 5.91 Å². The predicted octanol–water partition coefficient (Wildman–Crippen LogP) is 2.83. The fourth-order valence-electron chi connectivity index (χ4n) is 3.51. The van der Waals surface area contributed by atoms with E-state index in [1.807, 2.05) is 24.1 Å². The van der Waals surface area contributed by atoms with E-state index >= 15 is 0 Å². The topological polar surface area (TPSA) is 32.3 Å². The number of hydrogen-bond acceptors (Lipinski definition) is 3.